The maximum absolute atomic E-state index is 12.8. The van der Waals surface area contributed by atoms with Gasteiger partial charge in [-0.3, -0.25) is 4.79 Å². The quantitative estimate of drug-likeness (QED) is 0.107. The third-order valence-electron chi connectivity index (χ3n) is 9.39. The van der Waals surface area contributed by atoms with E-state index >= 15 is 0 Å². The molecule has 1 aliphatic carbocycles. The maximum atomic E-state index is 12.8. The first-order valence-electron chi connectivity index (χ1n) is 16.2. The molecule has 1 aliphatic heterocycles. The van der Waals surface area contributed by atoms with Crippen molar-refractivity contribution in [3.8, 4) is 5.75 Å². The molecule has 10 heteroatoms. The van der Waals surface area contributed by atoms with Gasteiger partial charge in [-0.2, -0.15) is 11.8 Å². The van der Waals surface area contributed by atoms with Crippen molar-refractivity contribution in [3.63, 3.8) is 0 Å². The van der Waals surface area contributed by atoms with Crippen LogP contribution in [0, 0.1) is 5.92 Å². The minimum Gasteiger partial charge on any atom is -0.497 e. The summed E-state index contributed by atoms with van der Waals surface area (Å²) in [6.07, 6.45) is -0.842. The summed E-state index contributed by atoms with van der Waals surface area (Å²) in [6, 6.07) is 28.8. The van der Waals surface area contributed by atoms with Gasteiger partial charge in [-0.15, -0.1) is 0 Å². The Morgan fingerprint density at radius 3 is 2.21 bits per heavy atom. The second-order valence-corrected chi connectivity index (χ2v) is 18.7. The van der Waals surface area contributed by atoms with E-state index in [9.17, 15) is 9.90 Å². The van der Waals surface area contributed by atoms with E-state index in [0.717, 1.165) is 5.56 Å². The first-order chi connectivity index (χ1) is 22.7. The summed E-state index contributed by atoms with van der Waals surface area (Å²) in [5.41, 5.74) is -1.01. The van der Waals surface area contributed by atoms with Crippen LogP contribution in [0.25, 0.3) is 0 Å². The summed E-state index contributed by atoms with van der Waals surface area (Å²) in [5.74, 6) is 1.35. The van der Waals surface area contributed by atoms with Gasteiger partial charge in [-0.1, -0.05) is 93.6 Å². The molecular formula is C37H48O8SSi. The van der Waals surface area contributed by atoms with E-state index in [1.165, 1.54) is 10.4 Å². The van der Waals surface area contributed by atoms with Gasteiger partial charge in [-0.05, 0) is 39.5 Å². The third-order valence-corrected chi connectivity index (χ3v) is 16.0. The van der Waals surface area contributed by atoms with E-state index in [4.69, 9.17) is 28.1 Å². The van der Waals surface area contributed by atoms with Crippen LogP contribution in [0.5, 0.6) is 5.75 Å². The molecule has 2 aliphatic rings. The predicted molar refractivity (Wildman–Crippen MR) is 187 cm³/mol. The highest BCUT2D eigenvalue weighted by Crippen LogP contribution is 2.50. The van der Waals surface area contributed by atoms with Gasteiger partial charge in [-0.25, -0.2) is 0 Å². The minimum atomic E-state index is -2.88. The molecule has 8 nitrogen and oxygen atoms in total. The molecule has 2 fully saturated rings. The van der Waals surface area contributed by atoms with Gasteiger partial charge in [0.25, 0.3) is 8.32 Å². The van der Waals surface area contributed by atoms with Gasteiger partial charge < -0.3 is 33.2 Å². The first-order valence-corrected chi connectivity index (χ1v) is 19.2. The molecule has 0 bridgehead atoms. The molecule has 0 spiro atoms. The fourth-order valence-corrected chi connectivity index (χ4v) is 13.6. The Hall–Kier alpha value is -2.54. The van der Waals surface area contributed by atoms with E-state index in [0.29, 0.717) is 37.4 Å². The Morgan fingerprint density at radius 1 is 0.936 bits per heavy atom. The number of carbonyl (C=O) groups excluding carboxylic acids is 1. The van der Waals surface area contributed by atoms with Gasteiger partial charge in [0.1, 0.15) is 18.6 Å². The number of aliphatic hydroxyl groups is 1. The largest absolute Gasteiger partial charge is 0.497 e. The summed E-state index contributed by atoms with van der Waals surface area (Å²) in [6.45, 7) is 7.67. The van der Waals surface area contributed by atoms with Crippen molar-refractivity contribution in [2.24, 2.45) is 5.92 Å². The number of carbonyl (C=O) groups is 1. The van der Waals surface area contributed by atoms with Crippen LogP contribution in [0.15, 0.2) is 84.9 Å². The number of hydrogen-bond acceptors (Lipinski definition) is 9. The summed E-state index contributed by atoms with van der Waals surface area (Å²) in [5, 5.41) is 14.1. The topological polar surface area (TPSA) is 92.7 Å². The Kier molecular flexibility index (Phi) is 12.0. The molecule has 1 N–H and O–H groups in total. The molecule has 5 rings (SSSR count). The average molecular weight is 681 g/mol. The van der Waals surface area contributed by atoms with Crippen molar-refractivity contribution in [3.05, 3.63) is 90.5 Å². The molecule has 1 saturated heterocycles. The van der Waals surface area contributed by atoms with Crippen LogP contribution in [0.3, 0.4) is 0 Å². The monoisotopic (exact) mass is 680 g/mol. The minimum absolute atomic E-state index is 0.0545. The Labute approximate surface area is 284 Å². The van der Waals surface area contributed by atoms with Crippen LogP contribution in [0.2, 0.25) is 5.04 Å². The van der Waals surface area contributed by atoms with Crippen LogP contribution in [0.4, 0.5) is 0 Å². The highest BCUT2D eigenvalue weighted by atomic mass is 32.2. The lowest BCUT2D eigenvalue weighted by Crippen LogP contribution is -2.69. The lowest BCUT2D eigenvalue weighted by molar-refractivity contribution is -0.223. The third kappa shape index (κ3) is 7.55. The van der Waals surface area contributed by atoms with Crippen LogP contribution in [-0.4, -0.2) is 88.9 Å². The molecule has 6 atom stereocenters. The Balaban J connectivity index is 1.50. The summed E-state index contributed by atoms with van der Waals surface area (Å²) in [4.78, 5) is 12.8. The average Bonchev–Trinajstić information content (AvgIpc) is 3.48. The van der Waals surface area contributed by atoms with Gasteiger partial charge >= 0.3 is 0 Å². The SMILES string of the molecule is COCCOCO[C@@H]1[C@H]2SC[C@H](O[Si](c3ccccc3)(c3ccccc3)C(C)(C)C)[C@H]2C[C@H](OCc2cccc(OC)c2)[C@]1(O)C=O. The number of aldehydes is 1. The molecule has 0 unspecified atom stereocenters. The van der Waals surface area contributed by atoms with E-state index in [2.05, 4.69) is 69.3 Å². The zero-order valence-electron chi connectivity index (χ0n) is 28.0. The van der Waals surface area contributed by atoms with E-state index in [1.807, 2.05) is 36.4 Å². The second kappa shape index (κ2) is 15.8. The standard InChI is InChI=1S/C37H48O8SSi/c1-36(2,3)47(29-15-8-6-9-16-29,30-17-10-7-11-18-30)45-32-24-46-34-31(32)22-33(43-23-27-13-12-14-28(21-27)41-5)37(39,25-38)35(34)44-26-42-20-19-40-4/h6-18,21,25,31-35,39H,19-20,22-24,26H2,1-5H3/t31-,32+,33+,34+,35-,37-/m1/s1. The smallest absolute Gasteiger partial charge is 0.261 e. The van der Waals surface area contributed by atoms with Crippen molar-refractivity contribution in [2.75, 3.05) is 40.0 Å². The van der Waals surface area contributed by atoms with Gasteiger partial charge in [0.05, 0.1) is 39.1 Å². The number of ether oxygens (including phenoxy) is 5. The molecule has 0 radical (unpaired) electrons. The van der Waals surface area contributed by atoms with Crippen LogP contribution < -0.4 is 15.1 Å². The zero-order chi connectivity index (χ0) is 33.5. The number of hydrogen-bond donors (Lipinski definition) is 1. The molecule has 0 aromatic heterocycles. The van der Waals surface area contributed by atoms with E-state index in [-0.39, 0.29) is 35.7 Å². The predicted octanol–water partition coefficient (Wildman–Crippen LogP) is 4.60. The van der Waals surface area contributed by atoms with Crippen molar-refractivity contribution < 1.29 is 38.0 Å². The number of thioether (sulfide) groups is 1. The van der Waals surface area contributed by atoms with E-state index < -0.39 is 26.1 Å². The molecule has 1 heterocycles. The van der Waals surface area contributed by atoms with Crippen molar-refractivity contribution in [2.45, 2.75) is 68.0 Å². The number of rotatable bonds is 15. The lowest BCUT2D eigenvalue weighted by Gasteiger charge is -2.49. The normalized spacial score (nSPS) is 26.1. The maximum Gasteiger partial charge on any atom is 0.261 e. The Bertz CT molecular complexity index is 1380. The summed E-state index contributed by atoms with van der Waals surface area (Å²) >= 11 is 1.69. The Morgan fingerprint density at radius 2 is 1.62 bits per heavy atom. The molecule has 1 saturated carbocycles. The molecule has 47 heavy (non-hydrogen) atoms. The highest BCUT2D eigenvalue weighted by Gasteiger charge is 2.62. The number of benzene rings is 3. The van der Waals surface area contributed by atoms with E-state index in [1.54, 1.807) is 26.0 Å². The molecular weight excluding hydrogens is 633 g/mol. The first kappa shape index (κ1) is 35.8. The summed E-state index contributed by atoms with van der Waals surface area (Å²) < 4.78 is 36.5. The fraction of sp³-hybridized carbons (Fsp3) is 0.486. The van der Waals surface area contributed by atoms with Gasteiger partial charge in [0.15, 0.2) is 11.9 Å². The van der Waals surface area contributed by atoms with Gasteiger partial charge in [0.2, 0.25) is 0 Å². The zero-order valence-corrected chi connectivity index (χ0v) is 29.8. The van der Waals surface area contributed by atoms with Crippen LogP contribution in [0.1, 0.15) is 32.8 Å². The van der Waals surface area contributed by atoms with Crippen LogP contribution >= 0.6 is 11.8 Å². The molecule has 3 aromatic carbocycles. The summed E-state index contributed by atoms with van der Waals surface area (Å²) in [7, 11) is 0.341. The second-order valence-electron chi connectivity index (χ2n) is 13.3. The van der Waals surface area contributed by atoms with Crippen molar-refractivity contribution in [1.29, 1.82) is 0 Å². The molecule has 3 aromatic rings. The van der Waals surface area contributed by atoms with Gasteiger partial charge in [0, 0.05) is 24.0 Å². The van der Waals surface area contributed by atoms with Crippen LogP contribution in [-0.2, 0) is 34.8 Å². The highest BCUT2D eigenvalue weighted by molar-refractivity contribution is 8.00. The number of fused-ring (bicyclic) bond motifs is 1. The molecule has 254 valence electrons. The fourth-order valence-electron chi connectivity index (χ4n) is 7.04. The van der Waals surface area contributed by atoms with Crippen molar-refractivity contribution in [1.82, 2.24) is 0 Å². The lowest BCUT2D eigenvalue weighted by atomic mass is 9.73. The molecule has 0 amide bonds. The van der Waals surface area contributed by atoms with Crippen molar-refractivity contribution >= 4 is 36.7 Å². The number of methoxy groups -OCH3 is 2.